The van der Waals surface area contributed by atoms with Crippen LogP contribution in [0.2, 0.25) is 0 Å². The van der Waals surface area contributed by atoms with Crippen LogP contribution < -0.4 is 5.32 Å². The molecule has 3 rings (SSSR count). The lowest BCUT2D eigenvalue weighted by atomic mass is 9.94. The van der Waals surface area contributed by atoms with Crippen molar-refractivity contribution in [2.24, 2.45) is 5.92 Å². The normalized spacial score (nSPS) is 16.1. The quantitative estimate of drug-likeness (QED) is 0.621. The highest BCUT2D eigenvalue weighted by atomic mass is 32.2. The molecule has 1 aliphatic rings. The van der Waals surface area contributed by atoms with Crippen LogP contribution in [0.4, 0.5) is 0 Å². The minimum atomic E-state index is -3.50. The molecule has 0 radical (unpaired) electrons. The first kappa shape index (κ1) is 24.4. The summed E-state index contributed by atoms with van der Waals surface area (Å²) < 4.78 is 32.2. The molecule has 0 aliphatic carbocycles. The van der Waals surface area contributed by atoms with E-state index in [1.54, 1.807) is 24.3 Å². The third kappa shape index (κ3) is 6.18. The van der Waals surface area contributed by atoms with E-state index in [9.17, 15) is 13.2 Å². The van der Waals surface area contributed by atoms with Gasteiger partial charge in [0.15, 0.2) is 0 Å². The molecular formula is C25H34N2O4S. The van der Waals surface area contributed by atoms with Crippen molar-refractivity contribution in [2.45, 2.75) is 51.0 Å². The summed E-state index contributed by atoms with van der Waals surface area (Å²) in [5, 5.41) is 3.17. The number of nitrogens with one attached hydrogen (secondary N) is 1. The van der Waals surface area contributed by atoms with E-state index in [2.05, 4.69) is 50.4 Å². The Balaban J connectivity index is 1.57. The Morgan fingerprint density at radius 2 is 1.59 bits per heavy atom. The average molecular weight is 459 g/mol. The van der Waals surface area contributed by atoms with Gasteiger partial charge >= 0.3 is 0 Å². The lowest BCUT2D eigenvalue weighted by Gasteiger charge is -2.26. The summed E-state index contributed by atoms with van der Waals surface area (Å²) in [4.78, 5) is 12.9. The Kier molecular flexibility index (Phi) is 8.45. The number of ether oxygens (including phenoxy) is 1. The van der Waals surface area contributed by atoms with Gasteiger partial charge in [-0.2, -0.15) is 4.31 Å². The number of morpholine rings is 1. The van der Waals surface area contributed by atoms with Crippen molar-refractivity contribution in [1.29, 1.82) is 0 Å². The molecule has 1 N–H and O–H groups in total. The molecule has 6 nitrogen and oxygen atoms in total. The van der Waals surface area contributed by atoms with Crippen LogP contribution in [0.5, 0.6) is 0 Å². The second-order valence-corrected chi connectivity index (χ2v) is 10.5. The number of nitrogens with zero attached hydrogens (tertiary/aromatic N) is 1. The van der Waals surface area contributed by atoms with Crippen molar-refractivity contribution in [2.75, 3.05) is 26.3 Å². The lowest BCUT2D eigenvalue weighted by Crippen LogP contribution is -2.40. The largest absolute Gasteiger partial charge is 0.379 e. The minimum absolute atomic E-state index is 0.00622. The molecule has 1 fully saturated rings. The van der Waals surface area contributed by atoms with Crippen molar-refractivity contribution in [3.05, 3.63) is 65.2 Å². The summed E-state index contributed by atoms with van der Waals surface area (Å²) in [5.74, 6) is 0.268. The van der Waals surface area contributed by atoms with Crippen LogP contribution in [0.1, 0.15) is 49.9 Å². The summed E-state index contributed by atoms with van der Waals surface area (Å²) in [6, 6.07) is 15.2. The maximum atomic E-state index is 12.7. The predicted molar refractivity (Wildman–Crippen MR) is 126 cm³/mol. The first-order chi connectivity index (χ1) is 15.3. The molecule has 2 aromatic carbocycles. The Bertz CT molecular complexity index is 980. The van der Waals surface area contributed by atoms with E-state index in [1.165, 1.54) is 9.87 Å². The molecule has 1 amide bonds. The Labute approximate surface area is 192 Å². The van der Waals surface area contributed by atoms with Gasteiger partial charge in [-0.05, 0) is 47.6 Å². The molecule has 2 aromatic rings. The van der Waals surface area contributed by atoms with Gasteiger partial charge in [-0.15, -0.1) is 0 Å². The molecule has 32 heavy (non-hydrogen) atoms. The van der Waals surface area contributed by atoms with Crippen LogP contribution in [0, 0.1) is 5.92 Å². The van der Waals surface area contributed by atoms with E-state index in [0.717, 1.165) is 17.5 Å². The number of aryl methyl sites for hydroxylation is 2. The summed E-state index contributed by atoms with van der Waals surface area (Å²) >= 11 is 0. The number of carbonyl (C=O) groups excluding carboxylic acids is 1. The summed E-state index contributed by atoms with van der Waals surface area (Å²) in [5.41, 5.74) is 3.33. The van der Waals surface area contributed by atoms with Gasteiger partial charge < -0.3 is 10.1 Å². The molecule has 0 spiro atoms. The van der Waals surface area contributed by atoms with Gasteiger partial charge in [0, 0.05) is 19.5 Å². The van der Waals surface area contributed by atoms with E-state index in [-0.39, 0.29) is 22.8 Å². The van der Waals surface area contributed by atoms with Crippen LogP contribution in [0.3, 0.4) is 0 Å². The number of sulfonamides is 1. The van der Waals surface area contributed by atoms with Crippen LogP contribution >= 0.6 is 0 Å². The minimum Gasteiger partial charge on any atom is -0.379 e. The average Bonchev–Trinajstić information content (AvgIpc) is 2.82. The van der Waals surface area contributed by atoms with Gasteiger partial charge in [-0.1, -0.05) is 57.2 Å². The van der Waals surface area contributed by atoms with Crippen molar-refractivity contribution in [3.8, 4) is 0 Å². The van der Waals surface area contributed by atoms with Crippen molar-refractivity contribution >= 4 is 15.9 Å². The second kappa shape index (κ2) is 11.1. The highest BCUT2D eigenvalue weighted by Gasteiger charge is 2.26. The van der Waals surface area contributed by atoms with Gasteiger partial charge in [0.05, 0.1) is 24.2 Å². The zero-order valence-corrected chi connectivity index (χ0v) is 20.0. The first-order valence-corrected chi connectivity index (χ1v) is 12.8. The topological polar surface area (TPSA) is 75.7 Å². The van der Waals surface area contributed by atoms with Gasteiger partial charge in [0.25, 0.3) is 0 Å². The third-order valence-electron chi connectivity index (χ3n) is 5.90. The number of hydrogen-bond donors (Lipinski definition) is 1. The van der Waals surface area contributed by atoms with E-state index < -0.39 is 10.0 Å². The molecule has 0 aromatic heterocycles. The molecule has 7 heteroatoms. The molecule has 0 bridgehead atoms. The second-order valence-electron chi connectivity index (χ2n) is 8.54. The van der Waals surface area contributed by atoms with Crippen LogP contribution in [0.25, 0.3) is 0 Å². The number of rotatable bonds is 9. The fraction of sp³-hybridized carbons (Fsp3) is 0.480. The highest BCUT2D eigenvalue weighted by Crippen LogP contribution is 2.23. The van der Waals surface area contributed by atoms with E-state index in [1.807, 2.05) is 0 Å². The maximum absolute atomic E-state index is 12.7. The number of amides is 1. The maximum Gasteiger partial charge on any atom is 0.243 e. The zero-order chi connectivity index (χ0) is 23.1. The van der Waals surface area contributed by atoms with Gasteiger partial charge in [-0.25, -0.2) is 8.42 Å². The van der Waals surface area contributed by atoms with Crippen molar-refractivity contribution < 1.29 is 17.9 Å². The SMILES string of the molecule is CCc1ccc(C(NC(=O)CCc2ccc(S(=O)(=O)N3CCOCC3)cc2)C(C)C)cc1. The molecule has 1 heterocycles. The van der Waals surface area contributed by atoms with Gasteiger partial charge in [-0.3, -0.25) is 4.79 Å². The fourth-order valence-corrected chi connectivity index (χ4v) is 5.27. The zero-order valence-electron chi connectivity index (χ0n) is 19.2. The number of carbonyl (C=O) groups is 1. The highest BCUT2D eigenvalue weighted by molar-refractivity contribution is 7.89. The number of hydrogen-bond acceptors (Lipinski definition) is 4. The Hall–Kier alpha value is -2.22. The fourth-order valence-electron chi connectivity index (χ4n) is 3.86. The molecule has 1 unspecified atom stereocenters. The number of benzene rings is 2. The first-order valence-electron chi connectivity index (χ1n) is 11.4. The van der Waals surface area contributed by atoms with Crippen LogP contribution in [-0.4, -0.2) is 44.9 Å². The molecule has 174 valence electrons. The third-order valence-corrected chi connectivity index (χ3v) is 7.82. The summed E-state index contributed by atoms with van der Waals surface area (Å²) in [7, 11) is -3.50. The van der Waals surface area contributed by atoms with Crippen molar-refractivity contribution in [1.82, 2.24) is 9.62 Å². The van der Waals surface area contributed by atoms with E-state index in [4.69, 9.17) is 4.74 Å². The van der Waals surface area contributed by atoms with Crippen LogP contribution in [-0.2, 0) is 32.4 Å². The molecule has 1 saturated heterocycles. The summed E-state index contributed by atoms with van der Waals surface area (Å²) in [6.07, 6.45) is 1.90. The molecule has 1 atom stereocenters. The van der Waals surface area contributed by atoms with Crippen molar-refractivity contribution in [3.63, 3.8) is 0 Å². The van der Waals surface area contributed by atoms with E-state index >= 15 is 0 Å². The molecule has 1 aliphatic heterocycles. The monoisotopic (exact) mass is 458 g/mol. The summed E-state index contributed by atoms with van der Waals surface area (Å²) in [6.45, 7) is 7.93. The smallest absolute Gasteiger partial charge is 0.243 e. The lowest BCUT2D eigenvalue weighted by molar-refractivity contribution is -0.122. The Morgan fingerprint density at radius 1 is 1.00 bits per heavy atom. The van der Waals surface area contributed by atoms with Crippen LogP contribution in [0.15, 0.2) is 53.4 Å². The Morgan fingerprint density at radius 3 is 2.16 bits per heavy atom. The molecular weight excluding hydrogens is 424 g/mol. The van der Waals surface area contributed by atoms with E-state index in [0.29, 0.717) is 39.1 Å². The van der Waals surface area contributed by atoms with Gasteiger partial charge in [0.2, 0.25) is 15.9 Å². The van der Waals surface area contributed by atoms with Gasteiger partial charge in [0.1, 0.15) is 0 Å². The standard InChI is InChI=1S/C25H34N2O4S/c1-4-20-5-10-22(11-6-20)25(19(2)3)26-24(28)14-9-21-7-12-23(13-8-21)32(29,30)27-15-17-31-18-16-27/h5-8,10-13,19,25H,4,9,14-18H2,1-3H3,(H,26,28). The molecule has 0 saturated carbocycles. The predicted octanol–water partition coefficient (Wildman–Crippen LogP) is 3.72.